The Labute approximate surface area is 123 Å². The summed E-state index contributed by atoms with van der Waals surface area (Å²) >= 11 is 1.92. The fourth-order valence-corrected chi connectivity index (χ4v) is 3.86. The Morgan fingerprint density at radius 1 is 1.35 bits per heavy atom. The van der Waals surface area contributed by atoms with Gasteiger partial charge in [-0.05, 0) is 43.7 Å². The molecule has 0 bridgehead atoms. The third kappa shape index (κ3) is 2.70. The molecule has 0 spiro atoms. The predicted octanol–water partition coefficient (Wildman–Crippen LogP) is 3.57. The molecule has 2 atom stereocenters. The van der Waals surface area contributed by atoms with Crippen molar-refractivity contribution in [2.75, 3.05) is 6.26 Å². The fraction of sp³-hybridized carbons (Fsp3) is 0.438. The van der Waals surface area contributed by atoms with Gasteiger partial charge in [-0.3, -0.25) is 4.79 Å². The van der Waals surface area contributed by atoms with Crippen LogP contribution in [-0.2, 0) is 0 Å². The van der Waals surface area contributed by atoms with Gasteiger partial charge in [0, 0.05) is 34.0 Å². The van der Waals surface area contributed by atoms with Crippen LogP contribution in [0.4, 0.5) is 0 Å². The largest absolute Gasteiger partial charge is 0.361 e. The summed E-state index contributed by atoms with van der Waals surface area (Å²) < 4.78 is 0. The number of hydrogen-bond acceptors (Lipinski definition) is 2. The lowest BCUT2D eigenvalue weighted by molar-refractivity contribution is 0.0930. The molecule has 0 aliphatic heterocycles. The van der Waals surface area contributed by atoms with Gasteiger partial charge >= 0.3 is 0 Å². The number of amides is 1. The zero-order valence-electron chi connectivity index (χ0n) is 11.7. The van der Waals surface area contributed by atoms with Crippen molar-refractivity contribution in [2.24, 2.45) is 0 Å². The van der Waals surface area contributed by atoms with Crippen LogP contribution >= 0.6 is 11.8 Å². The van der Waals surface area contributed by atoms with Crippen LogP contribution in [0, 0.1) is 0 Å². The molecule has 1 aliphatic rings. The summed E-state index contributed by atoms with van der Waals surface area (Å²) in [6, 6.07) is 8.12. The van der Waals surface area contributed by atoms with Crippen molar-refractivity contribution < 1.29 is 4.79 Å². The molecule has 0 saturated heterocycles. The van der Waals surface area contributed by atoms with Gasteiger partial charge in [0.15, 0.2) is 0 Å². The summed E-state index contributed by atoms with van der Waals surface area (Å²) in [5.74, 6) is 0.0574. The highest BCUT2D eigenvalue weighted by Gasteiger charge is 2.23. The van der Waals surface area contributed by atoms with E-state index in [2.05, 4.69) is 16.6 Å². The van der Waals surface area contributed by atoms with E-state index in [0.717, 1.165) is 29.3 Å². The van der Waals surface area contributed by atoms with E-state index in [4.69, 9.17) is 0 Å². The zero-order chi connectivity index (χ0) is 13.9. The standard InChI is InChI=1S/C16H20N2OS/c1-20-12-5-2-4-11(10-12)18-16(19)14-6-3-7-15-13(14)8-9-17-15/h3,6-9,11-12,17H,2,4-5,10H2,1H3,(H,18,19). The predicted molar refractivity (Wildman–Crippen MR) is 85.3 cm³/mol. The van der Waals surface area contributed by atoms with Gasteiger partial charge in [-0.25, -0.2) is 0 Å². The first-order valence-electron chi connectivity index (χ1n) is 7.17. The van der Waals surface area contributed by atoms with Crippen LogP contribution in [0.25, 0.3) is 10.9 Å². The number of carbonyl (C=O) groups excluding carboxylic acids is 1. The van der Waals surface area contributed by atoms with Gasteiger partial charge < -0.3 is 10.3 Å². The number of fused-ring (bicyclic) bond motifs is 1. The number of carbonyl (C=O) groups is 1. The maximum absolute atomic E-state index is 12.5. The van der Waals surface area contributed by atoms with Crippen molar-refractivity contribution in [2.45, 2.75) is 37.0 Å². The van der Waals surface area contributed by atoms with Crippen LogP contribution in [0.5, 0.6) is 0 Å². The number of aromatic amines is 1. The van der Waals surface area contributed by atoms with Gasteiger partial charge in [0.2, 0.25) is 0 Å². The second-order valence-corrected chi connectivity index (χ2v) is 6.58. The highest BCUT2D eigenvalue weighted by atomic mass is 32.2. The van der Waals surface area contributed by atoms with Crippen molar-refractivity contribution in [3.05, 3.63) is 36.0 Å². The van der Waals surface area contributed by atoms with E-state index in [-0.39, 0.29) is 5.91 Å². The van der Waals surface area contributed by atoms with E-state index in [1.54, 1.807) is 0 Å². The molecule has 20 heavy (non-hydrogen) atoms. The van der Waals surface area contributed by atoms with Crippen LogP contribution < -0.4 is 5.32 Å². The SMILES string of the molecule is CSC1CCCC(NC(=O)c2cccc3[nH]ccc23)C1. The summed E-state index contributed by atoms with van der Waals surface area (Å²) in [7, 11) is 0. The smallest absolute Gasteiger partial charge is 0.252 e. The van der Waals surface area contributed by atoms with Crippen molar-refractivity contribution >= 4 is 28.6 Å². The maximum Gasteiger partial charge on any atom is 0.252 e. The molecular formula is C16H20N2OS. The molecule has 1 aromatic carbocycles. The average Bonchev–Trinajstić information content (AvgIpc) is 2.95. The Morgan fingerprint density at radius 3 is 3.10 bits per heavy atom. The monoisotopic (exact) mass is 288 g/mol. The Balaban J connectivity index is 1.74. The first-order valence-corrected chi connectivity index (χ1v) is 8.46. The molecule has 2 N–H and O–H groups in total. The van der Waals surface area contributed by atoms with Crippen molar-refractivity contribution in [3.63, 3.8) is 0 Å². The number of aromatic nitrogens is 1. The summed E-state index contributed by atoms with van der Waals surface area (Å²) in [5.41, 5.74) is 1.79. The van der Waals surface area contributed by atoms with Crippen LogP contribution in [0.3, 0.4) is 0 Å². The van der Waals surface area contributed by atoms with Gasteiger partial charge in [-0.2, -0.15) is 11.8 Å². The van der Waals surface area contributed by atoms with Crippen LogP contribution in [0.1, 0.15) is 36.0 Å². The molecule has 1 aromatic heterocycles. The minimum absolute atomic E-state index is 0.0574. The number of rotatable bonds is 3. The number of nitrogens with one attached hydrogen (secondary N) is 2. The van der Waals surface area contributed by atoms with E-state index in [1.165, 1.54) is 12.8 Å². The molecule has 3 nitrogen and oxygen atoms in total. The van der Waals surface area contributed by atoms with Crippen LogP contribution in [-0.4, -0.2) is 28.4 Å². The Hall–Kier alpha value is -1.42. The van der Waals surface area contributed by atoms with Gasteiger partial charge in [0.25, 0.3) is 5.91 Å². The first kappa shape index (κ1) is 13.6. The van der Waals surface area contributed by atoms with E-state index in [1.807, 2.05) is 42.2 Å². The summed E-state index contributed by atoms with van der Waals surface area (Å²) in [4.78, 5) is 15.6. The summed E-state index contributed by atoms with van der Waals surface area (Å²) in [5, 5.41) is 4.91. The second kappa shape index (κ2) is 5.92. The molecule has 0 radical (unpaired) electrons. The number of thioether (sulfide) groups is 1. The minimum atomic E-state index is 0.0574. The van der Waals surface area contributed by atoms with E-state index < -0.39 is 0 Å². The molecule has 2 aromatic rings. The van der Waals surface area contributed by atoms with Crippen molar-refractivity contribution in [1.29, 1.82) is 0 Å². The second-order valence-electron chi connectivity index (χ2n) is 5.44. The lowest BCUT2D eigenvalue weighted by Gasteiger charge is -2.28. The molecule has 2 unspecified atom stereocenters. The third-order valence-corrected chi connectivity index (χ3v) is 5.23. The minimum Gasteiger partial charge on any atom is -0.361 e. The van der Waals surface area contributed by atoms with E-state index >= 15 is 0 Å². The number of H-pyrrole nitrogens is 1. The molecule has 106 valence electrons. The molecule has 1 fully saturated rings. The topological polar surface area (TPSA) is 44.9 Å². The Kier molecular flexibility index (Phi) is 4.01. The zero-order valence-corrected chi connectivity index (χ0v) is 12.5. The van der Waals surface area contributed by atoms with Gasteiger partial charge in [0.05, 0.1) is 0 Å². The lowest BCUT2D eigenvalue weighted by Crippen LogP contribution is -2.39. The van der Waals surface area contributed by atoms with Crippen molar-refractivity contribution in [3.8, 4) is 0 Å². The highest BCUT2D eigenvalue weighted by Crippen LogP contribution is 2.27. The van der Waals surface area contributed by atoms with Crippen LogP contribution in [0.2, 0.25) is 0 Å². The average molecular weight is 288 g/mol. The highest BCUT2D eigenvalue weighted by molar-refractivity contribution is 7.99. The molecular weight excluding hydrogens is 268 g/mol. The maximum atomic E-state index is 12.5. The van der Waals surface area contributed by atoms with Gasteiger partial charge in [-0.1, -0.05) is 12.5 Å². The molecule has 1 saturated carbocycles. The molecule has 3 rings (SSSR count). The molecule has 4 heteroatoms. The van der Waals surface area contributed by atoms with Gasteiger partial charge in [-0.15, -0.1) is 0 Å². The number of hydrogen-bond donors (Lipinski definition) is 2. The third-order valence-electron chi connectivity index (χ3n) is 4.13. The number of benzene rings is 1. The molecule has 1 aliphatic carbocycles. The quantitative estimate of drug-likeness (QED) is 0.907. The van der Waals surface area contributed by atoms with Crippen molar-refractivity contribution in [1.82, 2.24) is 10.3 Å². The summed E-state index contributed by atoms with van der Waals surface area (Å²) in [6.07, 6.45) is 8.73. The Morgan fingerprint density at radius 2 is 2.25 bits per heavy atom. The molecule has 1 heterocycles. The lowest BCUT2D eigenvalue weighted by atomic mass is 9.94. The van der Waals surface area contributed by atoms with Gasteiger partial charge in [0.1, 0.15) is 0 Å². The van der Waals surface area contributed by atoms with E-state index in [0.29, 0.717) is 11.3 Å². The van der Waals surface area contributed by atoms with E-state index in [9.17, 15) is 4.79 Å². The van der Waals surface area contributed by atoms with Crippen LogP contribution in [0.15, 0.2) is 30.5 Å². The summed E-state index contributed by atoms with van der Waals surface area (Å²) in [6.45, 7) is 0. The fourth-order valence-electron chi connectivity index (χ4n) is 3.04. The Bertz CT molecular complexity index is 607. The normalized spacial score (nSPS) is 22.9. The first-order chi connectivity index (χ1) is 9.78. The molecule has 1 amide bonds.